The molecule has 0 radical (unpaired) electrons. The Bertz CT molecular complexity index is 464. The van der Waals surface area contributed by atoms with Crippen LogP contribution in [-0.4, -0.2) is 17.3 Å². The molecule has 1 aromatic carbocycles. The summed E-state index contributed by atoms with van der Waals surface area (Å²) in [5.74, 6) is 0.330. The minimum Gasteiger partial charge on any atom is -0.485 e. The zero-order chi connectivity index (χ0) is 10.8. The minimum atomic E-state index is -0.485. The predicted molar refractivity (Wildman–Crippen MR) is 52.6 cm³/mol. The van der Waals surface area contributed by atoms with Crippen LogP contribution in [0.1, 0.15) is 5.56 Å². The summed E-state index contributed by atoms with van der Waals surface area (Å²) in [5.41, 5.74) is 0.534. The molecule has 0 unspecified atom stereocenters. The largest absolute Gasteiger partial charge is 0.485 e. The molecule has 1 aromatic rings. The van der Waals surface area contributed by atoms with Crippen LogP contribution in [0.25, 0.3) is 6.08 Å². The van der Waals surface area contributed by atoms with Crippen molar-refractivity contribution in [2.24, 2.45) is 0 Å². The molecule has 5 nitrogen and oxygen atoms in total. The van der Waals surface area contributed by atoms with Crippen molar-refractivity contribution in [2.75, 3.05) is 6.61 Å². The van der Waals surface area contributed by atoms with Crippen LogP contribution in [-0.2, 0) is 4.79 Å². The molecule has 0 aromatic heterocycles. The Morgan fingerprint density at radius 1 is 1.33 bits per heavy atom. The van der Waals surface area contributed by atoms with Crippen molar-refractivity contribution in [3.8, 4) is 5.75 Å². The second kappa shape index (κ2) is 3.53. The van der Waals surface area contributed by atoms with Gasteiger partial charge < -0.3 is 4.74 Å². The Kier molecular flexibility index (Phi) is 2.21. The Morgan fingerprint density at radius 3 is 2.87 bits per heavy atom. The molecule has 1 heterocycles. The number of hydrogen-bond donors (Lipinski definition) is 0. The van der Waals surface area contributed by atoms with E-state index in [1.54, 1.807) is 0 Å². The van der Waals surface area contributed by atoms with E-state index in [1.165, 1.54) is 30.4 Å². The first-order valence-corrected chi connectivity index (χ1v) is 4.29. The fraction of sp³-hybridized carbons (Fsp3) is 0.100. The first-order chi connectivity index (χ1) is 7.16. The van der Waals surface area contributed by atoms with Gasteiger partial charge in [-0.3, -0.25) is 14.9 Å². The summed E-state index contributed by atoms with van der Waals surface area (Å²) in [6.45, 7) is -0.0265. The molecule has 0 fully saturated rings. The molecule has 0 aliphatic carbocycles. The Labute approximate surface area is 85.1 Å². The number of non-ortho nitro benzene ring substituents is 1. The quantitative estimate of drug-likeness (QED) is 0.515. The number of carbonyl (C=O) groups is 1. The fourth-order valence-electron chi connectivity index (χ4n) is 1.29. The summed E-state index contributed by atoms with van der Waals surface area (Å²) in [7, 11) is 0. The van der Waals surface area contributed by atoms with Gasteiger partial charge in [-0.05, 0) is 18.2 Å². The number of nitro benzene ring substituents is 1. The summed E-state index contributed by atoms with van der Waals surface area (Å²) in [5, 5.41) is 10.5. The topological polar surface area (TPSA) is 69.4 Å². The molecule has 0 saturated heterocycles. The van der Waals surface area contributed by atoms with Crippen LogP contribution < -0.4 is 4.74 Å². The van der Waals surface area contributed by atoms with Crippen molar-refractivity contribution >= 4 is 17.5 Å². The van der Waals surface area contributed by atoms with Crippen LogP contribution in [0.3, 0.4) is 0 Å². The van der Waals surface area contributed by atoms with Crippen molar-refractivity contribution in [3.05, 3.63) is 40.0 Å². The van der Waals surface area contributed by atoms with E-state index >= 15 is 0 Å². The van der Waals surface area contributed by atoms with Crippen LogP contribution in [0.15, 0.2) is 24.3 Å². The third-order valence-electron chi connectivity index (χ3n) is 2.02. The Balaban J connectivity index is 2.46. The van der Waals surface area contributed by atoms with Crippen molar-refractivity contribution < 1.29 is 14.5 Å². The smallest absolute Gasteiger partial charge is 0.270 e. The van der Waals surface area contributed by atoms with E-state index < -0.39 is 4.92 Å². The number of ketones is 1. The van der Waals surface area contributed by atoms with Crippen LogP contribution in [0, 0.1) is 10.1 Å². The van der Waals surface area contributed by atoms with Gasteiger partial charge in [-0.15, -0.1) is 0 Å². The summed E-state index contributed by atoms with van der Waals surface area (Å²) in [4.78, 5) is 21.1. The van der Waals surface area contributed by atoms with Gasteiger partial charge >= 0.3 is 0 Å². The van der Waals surface area contributed by atoms with Crippen LogP contribution >= 0.6 is 0 Å². The molecule has 0 atom stereocenters. The van der Waals surface area contributed by atoms with Crippen LogP contribution in [0.4, 0.5) is 5.69 Å². The van der Waals surface area contributed by atoms with Crippen molar-refractivity contribution in [1.29, 1.82) is 0 Å². The third kappa shape index (κ3) is 1.85. The van der Waals surface area contributed by atoms with Gasteiger partial charge in [-0.25, -0.2) is 0 Å². The summed E-state index contributed by atoms with van der Waals surface area (Å²) in [6.07, 6.45) is 2.88. The standard InChI is InChI=1S/C10H7NO4/c12-9-3-1-7-5-8(11(13)14)2-4-10(7)15-6-9/h1-5H,6H2. The third-order valence-corrected chi connectivity index (χ3v) is 2.02. The first kappa shape index (κ1) is 9.39. The van der Waals surface area contributed by atoms with Gasteiger partial charge in [0.1, 0.15) is 5.75 Å². The number of nitro groups is 1. The molecule has 1 aliphatic heterocycles. The number of hydrogen-bond acceptors (Lipinski definition) is 4. The van der Waals surface area contributed by atoms with Crippen LogP contribution in [0.5, 0.6) is 5.75 Å². The zero-order valence-corrected chi connectivity index (χ0v) is 7.67. The van der Waals surface area contributed by atoms with E-state index in [9.17, 15) is 14.9 Å². The van der Waals surface area contributed by atoms with Gasteiger partial charge in [0, 0.05) is 17.7 Å². The average molecular weight is 205 g/mol. The number of fused-ring (bicyclic) bond motifs is 1. The maximum Gasteiger partial charge on any atom is 0.270 e. The Morgan fingerprint density at radius 2 is 2.13 bits per heavy atom. The van der Waals surface area contributed by atoms with E-state index in [2.05, 4.69) is 0 Å². The number of nitrogens with zero attached hydrogens (tertiary/aromatic N) is 1. The van der Waals surface area contributed by atoms with E-state index in [1.807, 2.05) is 0 Å². The van der Waals surface area contributed by atoms with E-state index in [0.717, 1.165) is 0 Å². The lowest BCUT2D eigenvalue weighted by Gasteiger charge is -2.04. The van der Waals surface area contributed by atoms with Gasteiger partial charge in [0.05, 0.1) is 4.92 Å². The van der Waals surface area contributed by atoms with Gasteiger partial charge in [0.25, 0.3) is 5.69 Å². The summed E-state index contributed by atoms with van der Waals surface area (Å²) in [6, 6.07) is 4.23. The lowest BCUT2D eigenvalue weighted by Crippen LogP contribution is -2.06. The maximum atomic E-state index is 11.0. The number of ether oxygens (including phenoxy) is 1. The molecular formula is C10H7NO4. The van der Waals surface area contributed by atoms with Gasteiger partial charge in [-0.2, -0.15) is 0 Å². The second-order valence-electron chi connectivity index (χ2n) is 3.07. The van der Waals surface area contributed by atoms with Gasteiger partial charge in [0.2, 0.25) is 0 Å². The van der Waals surface area contributed by atoms with Gasteiger partial charge in [0.15, 0.2) is 12.4 Å². The zero-order valence-electron chi connectivity index (χ0n) is 7.67. The summed E-state index contributed by atoms with van der Waals surface area (Å²) < 4.78 is 5.16. The molecule has 1 aliphatic rings. The van der Waals surface area contributed by atoms with E-state index in [0.29, 0.717) is 11.3 Å². The Hall–Kier alpha value is -2.17. The highest BCUT2D eigenvalue weighted by atomic mass is 16.6. The molecule has 0 bridgehead atoms. The molecule has 15 heavy (non-hydrogen) atoms. The first-order valence-electron chi connectivity index (χ1n) is 4.29. The monoisotopic (exact) mass is 205 g/mol. The molecule has 0 N–H and O–H groups in total. The fourth-order valence-corrected chi connectivity index (χ4v) is 1.29. The maximum absolute atomic E-state index is 11.0. The second-order valence-corrected chi connectivity index (χ2v) is 3.07. The molecule has 76 valence electrons. The number of carbonyl (C=O) groups excluding carboxylic acids is 1. The molecule has 0 spiro atoms. The highest BCUT2D eigenvalue weighted by Gasteiger charge is 2.13. The lowest BCUT2D eigenvalue weighted by molar-refractivity contribution is -0.384. The predicted octanol–water partition coefficient (Wildman–Crippen LogP) is 1.57. The SMILES string of the molecule is O=C1C=Cc2cc([N+](=O)[O-])ccc2OC1. The van der Waals surface area contributed by atoms with Crippen molar-refractivity contribution in [2.45, 2.75) is 0 Å². The molecular weight excluding hydrogens is 198 g/mol. The number of rotatable bonds is 1. The molecule has 5 heteroatoms. The van der Waals surface area contributed by atoms with Crippen LogP contribution in [0.2, 0.25) is 0 Å². The average Bonchev–Trinajstić information content (AvgIpc) is 2.40. The highest BCUT2D eigenvalue weighted by Crippen LogP contribution is 2.26. The molecule has 0 saturated carbocycles. The highest BCUT2D eigenvalue weighted by molar-refractivity contribution is 5.96. The summed E-state index contributed by atoms with van der Waals surface area (Å²) >= 11 is 0. The normalized spacial score (nSPS) is 14.0. The van der Waals surface area contributed by atoms with Gasteiger partial charge in [-0.1, -0.05) is 0 Å². The minimum absolute atomic E-state index is 0.0173. The van der Waals surface area contributed by atoms with E-state index in [-0.39, 0.29) is 18.1 Å². The van der Waals surface area contributed by atoms with E-state index in [4.69, 9.17) is 4.74 Å². The lowest BCUT2D eigenvalue weighted by atomic mass is 10.1. The molecule has 2 rings (SSSR count). The van der Waals surface area contributed by atoms with Crippen molar-refractivity contribution in [1.82, 2.24) is 0 Å². The molecule has 0 amide bonds. The van der Waals surface area contributed by atoms with Crippen molar-refractivity contribution in [3.63, 3.8) is 0 Å². The number of benzene rings is 1.